The van der Waals surface area contributed by atoms with Gasteiger partial charge in [0.1, 0.15) is 0 Å². The van der Waals surface area contributed by atoms with Gasteiger partial charge in [0.25, 0.3) is 0 Å². The summed E-state index contributed by atoms with van der Waals surface area (Å²) in [5.41, 5.74) is 11.8. The molecule has 5 heteroatoms. The maximum Gasteiger partial charge on any atom is 0.0876 e. The van der Waals surface area contributed by atoms with E-state index in [2.05, 4.69) is 89.2 Å². The third kappa shape index (κ3) is 9.18. The fourth-order valence-corrected chi connectivity index (χ4v) is 4.56. The van der Waals surface area contributed by atoms with E-state index in [1.165, 1.54) is 22.3 Å². The molecule has 0 amide bonds. The van der Waals surface area contributed by atoms with Gasteiger partial charge in [-0.15, -0.1) is 34.9 Å². The molecule has 0 spiro atoms. The van der Waals surface area contributed by atoms with Crippen LogP contribution in [-0.4, -0.2) is 32.4 Å². The summed E-state index contributed by atoms with van der Waals surface area (Å²) in [5.74, 6) is 0. The molecule has 0 aliphatic heterocycles. The van der Waals surface area contributed by atoms with Gasteiger partial charge >= 0.3 is 0 Å². The molecule has 0 fully saturated rings. The Balaban J connectivity index is 0.000000462. The van der Waals surface area contributed by atoms with Crippen LogP contribution in [0.25, 0.3) is 33.8 Å². The topological polar surface area (TPSA) is 66.2 Å². The summed E-state index contributed by atoms with van der Waals surface area (Å²) in [4.78, 5) is 10.0. The number of rotatable bonds is 7. The summed E-state index contributed by atoms with van der Waals surface area (Å²) < 4.78 is 0. The van der Waals surface area contributed by atoms with Crippen LogP contribution >= 0.6 is 0 Å². The molecule has 2 unspecified atom stereocenters. The summed E-state index contributed by atoms with van der Waals surface area (Å²) in [6.45, 7) is 14.4. The van der Waals surface area contributed by atoms with Crippen LogP contribution in [0.5, 0.6) is 0 Å². The van der Waals surface area contributed by atoms with Gasteiger partial charge < -0.3 is 15.2 Å². The molecule has 3 aromatic carbocycles. The van der Waals surface area contributed by atoms with E-state index in [1.807, 2.05) is 26.1 Å². The molecule has 2 N–H and O–H groups in total. The normalized spacial score (nSPS) is 12.1. The van der Waals surface area contributed by atoms with Crippen LogP contribution in [0.2, 0.25) is 0 Å². The smallest absolute Gasteiger partial charge is 0.0876 e. The van der Waals surface area contributed by atoms with Gasteiger partial charge in [-0.05, 0) is 51.2 Å². The zero-order valence-electron chi connectivity index (χ0n) is 24.2. The van der Waals surface area contributed by atoms with E-state index >= 15 is 0 Å². The number of hydrogen-bond acceptors (Lipinski definition) is 4. The van der Waals surface area contributed by atoms with Gasteiger partial charge in [0.2, 0.25) is 0 Å². The van der Waals surface area contributed by atoms with Crippen molar-refractivity contribution in [1.29, 1.82) is 0 Å². The maximum absolute atomic E-state index is 9.00. The molecular formula is C34H41IrN2O2-. The minimum atomic E-state index is -0.319. The predicted octanol–water partition coefficient (Wildman–Crippen LogP) is 7.74. The fourth-order valence-electron chi connectivity index (χ4n) is 4.56. The minimum Gasteiger partial charge on any atom is -0.393 e. The second-order valence-corrected chi connectivity index (χ2v) is 10.3. The SMILES string of the molecule is CCC(O)CC(O)CC.Cc1[c-]c(-c2ncc(-c3ccccc3C)nc2-c2cc(C)cc(C)c2)cc(C)c1.[Ir]. The van der Waals surface area contributed by atoms with Gasteiger partial charge in [0, 0.05) is 37.6 Å². The first-order chi connectivity index (χ1) is 18.1. The Morgan fingerprint density at radius 2 is 1.36 bits per heavy atom. The number of aliphatic hydroxyl groups excluding tert-OH is 2. The van der Waals surface area contributed by atoms with Crippen LogP contribution < -0.4 is 0 Å². The second kappa shape index (κ2) is 15.2. The van der Waals surface area contributed by atoms with Crippen molar-refractivity contribution in [2.45, 2.75) is 79.9 Å². The minimum absolute atomic E-state index is 0. The number of aliphatic hydroxyl groups is 2. The summed E-state index contributed by atoms with van der Waals surface area (Å²) in [5, 5.41) is 18.0. The molecular weight excluding hydrogens is 661 g/mol. The van der Waals surface area contributed by atoms with E-state index in [0.29, 0.717) is 6.42 Å². The number of aromatic nitrogens is 2. The van der Waals surface area contributed by atoms with Crippen LogP contribution in [0.3, 0.4) is 0 Å². The van der Waals surface area contributed by atoms with Crippen molar-refractivity contribution < 1.29 is 30.3 Å². The van der Waals surface area contributed by atoms with E-state index in [-0.39, 0.29) is 32.3 Å². The van der Waals surface area contributed by atoms with Crippen LogP contribution in [-0.2, 0) is 20.1 Å². The van der Waals surface area contributed by atoms with Crippen molar-refractivity contribution in [3.63, 3.8) is 0 Å². The summed E-state index contributed by atoms with van der Waals surface area (Å²) in [6, 6.07) is 22.6. The Kier molecular flexibility index (Phi) is 12.7. The maximum atomic E-state index is 9.00. The van der Waals surface area contributed by atoms with Gasteiger partial charge in [-0.25, -0.2) is 0 Å². The van der Waals surface area contributed by atoms with E-state index in [4.69, 9.17) is 20.2 Å². The molecule has 4 rings (SSSR count). The predicted molar refractivity (Wildman–Crippen MR) is 158 cm³/mol. The Labute approximate surface area is 247 Å². The molecule has 39 heavy (non-hydrogen) atoms. The first-order valence-electron chi connectivity index (χ1n) is 13.5. The number of nitrogens with zero attached hydrogens (tertiary/aromatic N) is 2. The molecule has 0 aliphatic rings. The van der Waals surface area contributed by atoms with Crippen LogP contribution in [0.15, 0.2) is 60.8 Å². The van der Waals surface area contributed by atoms with Crippen LogP contribution in [0, 0.1) is 40.7 Å². The molecule has 4 aromatic rings. The molecule has 0 aliphatic carbocycles. The molecule has 1 aromatic heterocycles. The fraction of sp³-hybridized carbons (Fsp3) is 0.353. The third-order valence-electron chi connectivity index (χ3n) is 6.58. The summed E-state index contributed by atoms with van der Waals surface area (Å²) >= 11 is 0. The van der Waals surface area contributed by atoms with Crippen molar-refractivity contribution in [3.8, 4) is 33.8 Å². The van der Waals surface area contributed by atoms with Gasteiger partial charge in [-0.1, -0.05) is 81.3 Å². The average Bonchev–Trinajstić information content (AvgIpc) is 2.87. The number of aryl methyl sites for hydroxylation is 5. The Morgan fingerprint density at radius 1 is 0.769 bits per heavy atom. The van der Waals surface area contributed by atoms with Crippen molar-refractivity contribution in [1.82, 2.24) is 9.97 Å². The summed E-state index contributed by atoms with van der Waals surface area (Å²) in [7, 11) is 0. The molecule has 1 radical (unpaired) electrons. The average molecular weight is 702 g/mol. The monoisotopic (exact) mass is 702 g/mol. The van der Waals surface area contributed by atoms with Gasteiger partial charge in [0.15, 0.2) is 0 Å². The molecule has 4 nitrogen and oxygen atoms in total. The first kappa shape index (κ1) is 32.5. The van der Waals surface area contributed by atoms with Crippen molar-refractivity contribution in [2.24, 2.45) is 0 Å². The summed E-state index contributed by atoms with van der Waals surface area (Å²) in [6.07, 6.45) is 3.23. The van der Waals surface area contributed by atoms with Crippen molar-refractivity contribution in [3.05, 3.63) is 94.7 Å². The molecule has 0 saturated carbocycles. The number of hydrogen-bond donors (Lipinski definition) is 2. The van der Waals surface area contributed by atoms with Gasteiger partial charge in [-0.3, -0.25) is 4.98 Å². The van der Waals surface area contributed by atoms with Crippen LogP contribution in [0.4, 0.5) is 0 Å². The van der Waals surface area contributed by atoms with Crippen molar-refractivity contribution >= 4 is 0 Å². The zero-order chi connectivity index (χ0) is 27.8. The molecule has 0 saturated heterocycles. The Hall–Kier alpha value is -2.69. The first-order valence-corrected chi connectivity index (χ1v) is 13.5. The van der Waals surface area contributed by atoms with Gasteiger partial charge in [0.05, 0.1) is 23.6 Å². The van der Waals surface area contributed by atoms with E-state index in [0.717, 1.165) is 52.2 Å². The molecule has 0 bridgehead atoms. The molecule has 2 atom stereocenters. The molecule has 209 valence electrons. The third-order valence-corrected chi connectivity index (χ3v) is 6.58. The van der Waals surface area contributed by atoms with Gasteiger partial charge in [-0.2, -0.15) is 0 Å². The van der Waals surface area contributed by atoms with E-state index in [9.17, 15) is 0 Å². The number of benzene rings is 3. The largest absolute Gasteiger partial charge is 0.393 e. The van der Waals surface area contributed by atoms with E-state index in [1.54, 1.807) is 0 Å². The van der Waals surface area contributed by atoms with Crippen molar-refractivity contribution in [2.75, 3.05) is 0 Å². The zero-order valence-corrected chi connectivity index (χ0v) is 26.6. The standard InChI is InChI=1S/C27H25N2.C7H16O2.Ir/c1-17-10-18(2)13-22(12-17)26-27(23-14-19(3)11-20(4)15-23)29-25(16-28-26)24-9-7-6-8-21(24)5;1-3-6(8)5-7(9)4-2;/h6-12,14-16H,1-5H3;6-9H,3-5H2,1-2H3;/q-1;;. The molecule has 1 heterocycles. The Morgan fingerprint density at radius 3 is 1.92 bits per heavy atom. The Bertz CT molecular complexity index is 1320. The quantitative estimate of drug-likeness (QED) is 0.194. The second-order valence-electron chi connectivity index (χ2n) is 10.3. The van der Waals surface area contributed by atoms with Crippen LogP contribution in [0.1, 0.15) is 60.9 Å². The van der Waals surface area contributed by atoms with E-state index < -0.39 is 0 Å².